The molecule has 0 atom stereocenters. The van der Waals surface area contributed by atoms with Crippen molar-refractivity contribution in [3.63, 3.8) is 0 Å². The number of anilines is 1. The zero-order chi connectivity index (χ0) is 17.2. The number of hydrogen-bond donors (Lipinski definition) is 1. The Labute approximate surface area is 130 Å². The Balaban J connectivity index is 2.03. The summed E-state index contributed by atoms with van der Waals surface area (Å²) in [6.07, 6.45) is 0. The lowest BCUT2D eigenvalue weighted by atomic mass is 10.3. The largest absolute Gasteiger partial charge is 0.488 e. The summed E-state index contributed by atoms with van der Waals surface area (Å²) in [7, 11) is -3.56. The summed E-state index contributed by atoms with van der Waals surface area (Å²) in [4.78, 5) is 23.6. The Morgan fingerprint density at radius 3 is 2.43 bits per heavy atom. The van der Waals surface area contributed by atoms with Crippen LogP contribution in [0.5, 0.6) is 5.75 Å². The summed E-state index contributed by atoms with van der Waals surface area (Å²) in [6.45, 7) is 1.35. The van der Waals surface area contributed by atoms with Gasteiger partial charge in [0.25, 0.3) is 0 Å². The second kappa shape index (κ2) is 6.20. The van der Waals surface area contributed by atoms with E-state index in [0.29, 0.717) is 11.5 Å². The minimum absolute atomic E-state index is 0.234. The van der Waals surface area contributed by atoms with Gasteiger partial charge in [-0.1, -0.05) is 3.89 Å². The van der Waals surface area contributed by atoms with Crippen molar-refractivity contribution in [1.29, 1.82) is 0 Å². The topological polar surface area (TPSA) is 112 Å². The number of aromatic nitrogens is 3. The minimum Gasteiger partial charge on any atom is -0.358 e. The monoisotopic (exact) mass is 344 g/mol. The number of carbonyl (C=O) groups excluding carboxylic acids is 1. The number of nitrogens with zero attached hydrogens (tertiary/aromatic N) is 3. The van der Waals surface area contributed by atoms with Crippen molar-refractivity contribution in [3.05, 3.63) is 40.6 Å². The molecule has 0 aliphatic carbocycles. The van der Waals surface area contributed by atoms with Crippen LogP contribution in [0.4, 0.5) is 9.57 Å². The van der Waals surface area contributed by atoms with Crippen LogP contribution in [-0.4, -0.2) is 28.7 Å². The first kappa shape index (κ1) is 16.7. The van der Waals surface area contributed by atoms with Crippen LogP contribution in [-0.2, 0) is 28.9 Å². The predicted octanol–water partition coefficient (Wildman–Crippen LogP) is 0.122. The summed E-state index contributed by atoms with van der Waals surface area (Å²) >= 11 is 0. The van der Waals surface area contributed by atoms with Crippen LogP contribution >= 0.6 is 0 Å². The average Bonchev–Trinajstić information content (AvgIpc) is 2.67. The minimum atomic E-state index is -5.10. The number of carbonyl (C=O) groups is 1. The fourth-order valence-corrected chi connectivity index (χ4v) is 2.09. The van der Waals surface area contributed by atoms with E-state index in [1.807, 2.05) is 0 Å². The first-order chi connectivity index (χ1) is 10.7. The second-order valence-corrected chi connectivity index (χ2v) is 5.55. The Bertz CT molecular complexity index is 885. The average molecular weight is 344 g/mol. The Morgan fingerprint density at radius 2 is 1.96 bits per heavy atom. The predicted molar refractivity (Wildman–Crippen MR) is 77.9 cm³/mol. The number of halogens is 1. The third-order valence-electron chi connectivity index (χ3n) is 2.89. The molecule has 0 radical (unpaired) electrons. The Hall–Kier alpha value is -2.69. The second-order valence-electron chi connectivity index (χ2n) is 4.60. The van der Waals surface area contributed by atoms with Gasteiger partial charge in [0, 0.05) is 12.7 Å². The normalized spacial score (nSPS) is 11.3. The first-order valence-electron chi connectivity index (χ1n) is 6.30. The van der Waals surface area contributed by atoms with Crippen molar-refractivity contribution in [1.82, 2.24) is 14.3 Å². The van der Waals surface area contributed by atoms with Crippen LogP contribution in [0.25, 0.3) is 0 Å². The van der Waals surface area contributed by atoms with Crippen LogP contribution in [0.2, 0.25) is 0 Å². The molecule has 23 heavy (non-hydrogen) atoms. The third kappa shape index (κ3) is 4.39. The molecule has 0 aliphatic rings. The molecule has 0 bridgehead atoms. The maximum absolute atomic E-state index is 12.3. The van der Waals surface area contributed by atoms with Gasteiger partial charge in [0.1, 0.15) is 18.1 Å². The number of rotatable bonds is 5. The molecule has 0 saturated carbocycles. The zero-order valence-corrected chi connectivity index (χ0v) is 13.0. The van der Waals surface area contributed by atoms with Gasteiger partial charge in [0.15, 0.2) is 0 Å². The molecule has 0 spiro atoms. The van der Waals surface area contributed by atoms with E-state index in [4.69, 9.17) is 0 Å². The van der Waals surface area contributed by atoms with Crippen molar-refractivity contribution in [2.45, 2.75) is 13.5 Å². The van der Waals surface area contributed by atoms with E-state index in [9.17, 15) is 21.9 Å². The maximum atomic E-state index is 12.3. The molecule has 0 aliphatic heterocycles. The van der Waals surface area contributed by atoms with Gasteiger partial charge >= 0.3 is 16.2 Å². The summed E-state index contributed by atoms with van der Waals surface area (Å²) in [5.41, 5.74) is -0.103. The number of aryl methyl sites for hydroxylation is 1. The lowest BCUT2D eigenvalue weighted by Gasteiger charge is -2.05. The molecular weight excluding hydrogens is 331 g/mol. The van der Waals surface area contributed by atoms with Crippen molar-refractivity contribution in [3.8, 4) is 5.75 Å². The third-order valence-corrected chi connectivity index (χ3v) is 3.28. The molecule has 1 amide bonds. The molecule has 0 saturated heterocycles. The van der Waals surface area contributed by atoms with E-state index >= 15 is 0 Å². The molecule has 2 aromatic rings. The van der Waals surface area contributed by atoms with Gasteiger partial charge in [-0.05, 0) is 31.2 Å². The van der Waals surface area contributed by atoms with Crippen LogP contribution in [0.1, 0.15) is 5.82 Å². The molecule has 2 rings (SSSR count). The number of benzene rings is 1. The van der Waals surface area contributed by atoms with E-state index in [2.05, 4.69) is 14.6 Å². The van der Waals surface area contributed by atoms with Crippen molar-refractivity contribution >= 4 is 22.1 Å². The quantitative estimate of drug-likeness (QED) is 0.771. The lowest BCUT2D eigenvalue weighted by Crippen LogP contribution is -2.29. The summed E-state index contributed by atoms with van der Waals surface area (Å²) < 4.78 is 39.3. The van der Waals surface area contributed by atoms with Crippen molar-refractivity contribution < 1.29 is 21.3 Å². The highest BCUT2D eigenvalue weighted by molar-refractivity contribution is 7.81. The maximum Gasteiger partial charge on any atom is 0.488 e. The summed E-state index contributed by atoms with van der Waals surface area (Å²) in [5.74, 6) is -0.268. The number of nitrogens with one attached hydrogen (secondary N) is 1. The van der Waals surface area contributed by atoms with Gasteiger partial charge in [-0.3, -0.25) is 9.36 Å². The Kier molecular flexibility index (Phi) is 4.50. The number of amides is 1. The molecule has 1 aromatic carbocycles. The molecule has 9 nitrogen and oxygen atoms in total. The summed E-state index contributed by atoms with van der Waals surface area (Å²) in [5, 5.41) is 6.41. The van der Waals surface area contributed by atoms with E-state index in [1.54, 1.807) is 6.92 Å². The Morgan fingerprint density at radius 1 is 1.35 bits per heavy atom. The SMILES string of the molecule is Cc1nn(CC(=O)Nc2ccc(OS(=O)(=O)F)cc2)c(=O)n1C. The molecule has 124 valence electrons. The number of hydrogen-bond acceptors (Lipinski definition) is 6. The van der Waals surface area contributed by atoms with Gasteiger partial charge in [-0.25, -0.2) is 9.48 Å². The van der Waals surface area contributed by atoms with Gasteiger partial charge < -0.3 is 9.50 Å². The van der Waals surface area contributed by atoms with E-state index in [0.717, 1.165) is 4.68 Å². The standard InChI is InChI=1S/C12H13FN4O5S/c1-8-15-17(12(19)16(8)2)7-11(18)14-9-3-5-10(6-4-9)22-23(13,20)21/h3-6H,7H2,1-2H3,(H,14,18). The lowest BCUT2D eigenvalue weighted by molar-refractivity contribution is -0.117. The van der Waals surface area contributed by atoms with Gasteiger partial charge in [0.05, 0.1) is 0 Å². The molecule has 1 N–H and O–H groups in total. The smallest absolute Gasteiger partial charge is 0.358 e. The molecular formula is C12H13FN4O5S. The molecule has 0 unspecified atom stereocenters. The van der Waals surface area contributed by atoms with Gasteiger partial charge in [-0.15, -0.1) is 0 Å². The van der Waals surface area contributed by atoms with Gasteiger partial charge in [0.2, 0.25) is 5.91 Å². The fourth-order valence-electron chi connectivity index (χ4n) is 1.74. The molecule has 1 heterocycles. The first-order valence-corrected chi connectivity index (χ1v) is 7.61. The highest BCUT2D eigenvalue weighted by Crippen LogP contribution is 2.17. The molecule has 0 fully saturated rings. The van der Waals surface area contributed by atoms with Crippen LogP contribution < -0.4 is 15.2 Å². The highest BCUT2D eigenvalue weighted by atomic mass is 32.3. The van der Waals surface area contributed by atoms with E-state index in [-0.39, 0.29) is 12.3 Å². The van der Waals surface area contributed by atoms with Crippen LogP contribution in [0.3, 0.4) is 0 Å². The highest BCUT2D eigenvalue weighted by Gasteiger charge is 2.12. The molecule has 1 aromatic heterocycles. The van der Waals surface area contributed by atoms with Crippen molar-refractivity contribution in [2.24, 2.45) is 7.05 Å². The van der Waals surface area contributed by atoms with Crippen LogP contribution in [0, 0.1) is 6.92 Å². The van der Waals surface area contributed by atoms with E-state index in [1.165, 1.54) is 35.9 Å². The fraction of sp³-hybridized carbons (Fsp3) is 0.250. The van der Waals surface area contributed by atoms with Crippen LogP contribution in [0.15, 0.2) is 29.1 Å². The van der Waals surface area contributed by atoms with Crippen molar-refractivity contribution in [2.75, 3.05) is 5.32 Å². The zero-order valence-electron chi connectivity index (χ0n) is 12.2. The van der Waals surface area contributed by atoms with E-state index < -0.39 is 22.1 Å². The summed E-state index contributed by atoms with van der Waals surface area (Å²) in [6, 6.07) is 4.99. The van der Waals surface area contributed by atoms with Gasteiger partial charge in [-0.2, -0.15) is 13.5 Å². The molecule has 11 heteroatoms.